The monoisotopic (exact) mass is 349 g/mol. The molecule has 2 aromatic rings. The maximum absolute atomic E-state index is 14.2. The molecule has 1 aromatic heterocycles. The number of aromatic nitrogens is 2. The minimum atomic E-state index is -0.426. The van der Waals surface area contributed by atoms with Crippen molar-refractivity contribution in [3.05, 3.63) is 46.1 Å². The number of nitrogens with zero attached hydrogens (tertiary/aromatic N) is 2. The normalized spacial score (nSPS) is 14.2. The van der Waals surface area contributed by atoms with Crippen molar-refractivity contribution >= 4 is 23.2 Å². The van der Waals surface area contributed by atoms with Gasteiger partial charge < -0.3 is 10.1 Å². The second-order valence-electron chi connectivity index (χ2n) is 5.79. The topological polar surface area (TPSA) is 64.1 Å². The number of carbonyl (C=O) groups is 1. The van der Waals surface area contributed by atoms with Gasteiger partial charge in [0.2, 0.25) is 5.88 Å². The average Bonchev–Trinajstić information content (AvgIpc) is 2.50. The molecule has 1 aromatic carbocycles. The van der Waals surface area contributed by atoms with Gasteiger partial charge in [0.15, 0.2) is 0 Å². The van der Waals surface area contributed by atoms with Gasteiger partial charge in [-0.05, 0) is 43.4 Å². The highest BCUT2D eigenvalue weighted by atomic mass is 35.5. The van der Waals surface area contributed by atoms with Crippen LogP contribution in [-0.4, -0.2) is 23.0 Å². The lowest BCUT2D eigenvalue weighted by Gasteiger charge is -2.27. The van der Waals surface area contributed by atoms with E-state index in [-0.39, 0.29) is 16.6 Å². The first-order valence-electron chi connectivity index (χ1n) is 7.67. The average molecular weight is 350 g/mol. The quantitative estimate of drug-likeness (QED) is 0.902. The van der Waals surface area contributed by atoms with Crippen molar-refractivity contribution in [1.82, 2.24) is 9.97 Å². The standard InChI is InChI=1S/C17H17ClFN3O2/c1-9-16(20-8-14(21-9)24-2)17(23)22-11-6-12(10-4-3-5-10)15(19)13(18)7-11/h6-8,10H,3-5H2,1-2H3,(H,22,23). The molecule has 1 saturated carbocycles. The summed E-state index contributed by atoms with van der Waals surface area (Å²) in [7, 11) is 1.48. The van der Waals surface area contributed by atoms with Gasteiger partial charge in [-0.25, -0.2) is 14.4 Å². The molecule has 5 nitrogen and oxygen atoms in total. The van der Waals surface area contributed by atoms with E-state index in [4.69, 9.17) is 16.3 Å². The molecule has 3 rings (SSSR count). The van der Waals surface area contributed by atoms with Crippen LogP contribution < -0.4 is 10.1 Å². The maximum Gasteiger partial charge on any atom is 0.276 e. The van der Waals surface area contributed by atoms with Gasteiger partial charge in [-0.15, -0.1) is 0 Å². The molecule has 7 heteroatoms. The Kier molecular flexibility index (Phi) is 4.66. The molecule has 1 aliphatic rings. The van der Waals surface area contributed by atoms with Crippen molar-refractivity contribution in [3.8, 4) is 5.88 Å². The van der Waals surface area contributed by atoms with Gasteiger partial charge in [0, 0.05) is 5.69 Å². The Balaban J connectivity index is 1.85. The van der Waals surface area contributed by atoms with Crippen LogP contribution in [0.15, 0.2) is 18.3 Å². The molecule has 0 spiro atoms. The second-order valence-corrected chi connectivity index (χ2v) is 6.20. The zero-order valence-electron chi connectivity index (χ0n) is 13.4. The predicted octanol–water partition coefficient (Wildman–Crippen LogP) is 4.11. The molecule has 0 unspecified atom stereocenters. The lowest BCUT2D eigenvalue weighted by atomic mass is 9.79. The van der Waals surface area contributed by atoms with Crippen molar-refractivity contribution < 1.29 is 13.9 Å². The number of aryl methyl sites for hydroxylation is 1. The summed E-state index contributed by atoms with van der Waals surface area (Å²) >= 11 is 5.97. The molecule has 126 valence electrons. The van der Waals surface area contributed by atoms with E-state index in [1.165, 1.54) is 19.4 Å². The summed E-state index contributed by atoms with van der Waals surface area (Å²) in [6.45, 7) is 1.67. The smallest absolute Gasteiger partial charge is 0.276 e. The molecule has 24 heavy (non-hydrogen) atoms. The zero-order valence-corrected chi connectivity index (χ0v) is 14.2. The molecule has 0 bridgehead atoms. The zero-order chi connectivity index (χ0) is 17.3. The Hall–Kier alpha value is -2.21. The summed E-state index contributed by atoms with van der Waals surface area (Å²) in [5, 5.41) is 2.72. The summed E-state index contributed by atoms with van der Waals surface area (Å²) in [6.07, 6.45) is 4.33. The highest BCUT2D eigenvalue weighted by molar-refractivity contribution is 6.31. The van der Waals surface area contributed by atoms with Gasteiger partial charge >= 0.3 is 0 Å². The van der Waals surface area contributed by atoms with E-state index >= 15 is 0 Å². The van der Waals surface area contributed by atoms with Crippen LogP contribution in [-0.2, 0) is 0 Å². The lowest BCUT2D eigenvalue weighted by Crippen LogP contribution is -2.17. The number of nitrogens with one attached hydrogen (secondary N) is 1. The van der Waals surface area contributed by atoms with Crippen molar-refractivity contribution in [1.29, 1.82) is 0 Å². The molecule has 1 fully saturated rings. The number of amides is 1. The van der Waals surface area contributed by atoms with Crippen LogP contribution in [0.1, 0.15) is 46.9 Å². The molecule has 1 heterocycles. The number of hydrogen-bond donors (Lipinski definition) is 1. The first-order valence-corrected chi connectivity index (χ1v) is 8.05. The number of ether oxygens (including phenoxy) is 1. The van der Waals surface area contributed by atoms with Crippen molar-refractivity contribution in [2.24, 2.45) is 0 Å². The van der Waals surface area contributed by atoms with Gasteiger partial charge in [0.25, 0.3) is 5.91 Å². The lowest BCUT2D eigenvalue weighted by molar-refractivity contribution is 0.102. The molecular formula is C17H17ClFN3O2. The Labute approximate surface area is 144 Å². The minimum Gasteiger partial charge on any atom is -0.480 e. The number of methoxy groups -OCH3 is 1. The number of halogens is 2. The van der Waals surface area contributed by atoms with Crippen LogP contribution in [0.25, 0.3) is 0 Å². The summed E-state index contributed by atoms with van der Waals surface area (Å²) in [4.78, 5) is 20.6. The van der Waals surface area contributed by atoms with E-state index in [0.717, 1.165) is 19.3 Å². The molecule has 0 saturated heterocycles. The molecule has 0 aliphatic heterocycles. The third-order valence-corrected chi connectivity index (χ3v) is 4.48. The van der Waals surface area contributed by atoms with Gasteiger partial charge in [-0.2, -0.15) is 0 Å². The van der Waals surface area contributed by atoms with Crippen LogP contribution in [0.2, 0.25) is 5.02 Å². The summed E-state index contributed by atoms with van der Waals surface area (Å²) in [5.41, 5.74) is 1.63. The third-order valence-electron chi connectivity index (χ3n) is 4.21. The minimum absolute atomic E-state index is 0.00670. The van der Waals surface area contributed by atoms with Crippen LogP contribution in [0, 0.1) is 12.7 Å². The van der Waals surface area contributed by atoms with E-state index in [1.807, 2.05) is 0 Å². The van der Waals surface area contributed by atoms with Crippen LogP contribution in [0.4, 0.5) is 10.1 Å². The van der Waals surface area contributed by atoms with Crippen LogP contribution >= 0.6 is 11.6 Å². The number of anilines is 1. The molecular weight excluding hydrogens is 333 g/mol. The fourth-order valence-electron chi connectivity index (χ4n) is 2.67. The summed E-state index contributed by atoms with van der Waals surface area (Å²) in [6, 6.07) is 3.05. The van der Waals surface area contributed by atoms with Crippen molar-refractivity contribution in [2.45, 2.75) is 32.1 Å². The van der Waals surface area contributed by atoms with Gasteiger partial charge in [0.1, 0.15) is 11.5 Å². The first-order chi connectivity index (χ1) is 11.5. The van der Waals surface area contributed by atoms with Gasteiger partial charge in [-0.3, -0.25) is 4.79 Å². The number of rotatable bonds is 4. The molecule has 0 atom stereocenters. The second kappa shape index (κ2) is 6.73. The molecule has 0 radical (unpaired) electrons. The molecule has 1 aliphatic carbocycles. The SMILES string of the molecule is COc1cnc(C(=O)Nc2cc(Cl)c(F)c(C3CCC3)c2)c(C)n1. The van der Waals surface area contributed by atoms with E-state index < -0.39 is 11.7 Å². The van der Waals surface area contributed by atoms with E-state index in [0.29, 0.717) is 22.8 Å². The Morgan fingerprint density at radius 1 is 1.42 bits per heavy atom. The predicted molar refractivity (Wildman–Crippen MR) is 89.3 cm³/mol. The van der Waals surface area contributed by atoms with Crippen LogP contribution in [0.5, 0.6) is 5.88 Å². The molecule has 1 amide bonds. The fourth-order valence-corrected chi connectivity index (χ4v) is 2.90. The number of hydrogen-bond acceptors (Lipinski definition) is 4. The number of benzene rings is 1. The van der Waals surface area contributed by atoms with Gasteiger partial charge in [0.05, 0.1) is 24.0 Å². The highest BCUT2D eigenvalue weighted by Crippen LogP contribution is 2.40. The highest BCUT2D eigenvalue weighted by Gasteiger charge is 2.25. The Morgan fingerprint density at radius 3 is 2.75 bits per heavy atom. The van der Waals surface area contributed by atoms with E-state index in [9.17, 15) is 9.18 Å². The van der Waals surface area contributed by atoms with Crippen LogP contribution in [0.3, 0.4) is 0 Å². The van der Waals surface area contributed by atoms with Crippen molar-refractivity contribution in [3.63, 3.8) is 0 Å². The third kappa shape index (κ3) is 3.19. The van der Waals surface area contributed by atoms with E-state index in [2.05, 4.69) is 15.3 Å². The first kappa shape index (κ1) is 16.6. The van der Waals surface area contributed by atoms with E-state index in [1.54, 1.807) is 13.0 Å². The Morgan fingerprint density at radius 2 is 2.17 bits per heavy atom. The van der Waals surface area contributed by atoms with Gasteiger partial charge in [-0.1, -0.05) is 18.0 Å². The van der Waals surface area contributed by atoms with Crippen molar-refractivity contribution in [2.75, 3.05) is 12.4 Å². The maximum atomic E-state index is 14.2. The summed E-state index contributed by atoms with van der Waals surface area (Å²) in [5.74, 6) is -0.326. The largest absolute Gasteiger partial charge is 0.480 e. The Bertz CT molecular complexity index is 794. The molecule has 1 N–H and O–H groups in total. The number of carbonyl (C=O) groups excluding carboxylic acids is 1. The summed E-state index contributed by atoms with van der Waals surface area (Å²) < 4.78 is 19.2. The fraction of sp³-hybridized carbons (Fsp3) is 0.353.